The number of hydrogen-bond donors (Lipinski definition) is 0. The zero-order chi connectivity index (χ0) is 5.28. The number of tetrazole rings is 1. The fourth-order valence-corrected chi connectivity index (χ4v) is 0.416. The van der Waals surface area contributed by atoms with E-state index in [2.05, 4.69) is 15.5 Å². The number of hydrogen-bond acceptors (Lipinski definition) is 3. The SMILES string of the molecule is Clc1nnnn1I. The Bertz CT molecular complexity index is 144. The van der Waals surface area contributed by atoms with Gasteiger partial charge in [0.1, 0.15) is 0 Å². The maximum absolute atomic E-state index is 5.34. The summed E-state index contributed by atoms with van der Waals surface area (Å²) >= 11 is 7.21. The molecule has 7 heavy (non-hydrogen) atoms. The maximum Gasteiger partial charge on any atom is 0.252 e. The third-order valence-electron chi connectivity index (χ3n) is 0.398. The summed E-state index contributed by atoms with van der Waals surface area (Å²) < 4.78 is 1.35. The smallest absolute Gasteiger partial charge is 0.153 e. The molecule has 0 aliphatic heterocycles. The second kappa shape index (κ2) is 1.91. The summed E-state index contributed by atoms with van der Waals surface area (Å²) in [6, 6.07) is 0. The summed E-state index contributed by atoms with van der Waals surface area (Å²) in [6.07, 6.45) is 0. The molecule has 0 aliphatic carbocycles. The maximum atomic E-state index is 5.34. The van der Waals surface area contributed by atoms with Crippen LogP contribution in [0.3, 0.4) is 0 Å². The Morgan fingerprint density at radius 2 is 2.43 bits per heavy atom. The van der Waals surface area contributed by atoms with E-state index in [1.807, 2.05) is 22.9 Å². The first-order valence-corrected chi connectivity index (χ1v) is 2.75. The lowest BCUT2D eigenvalue weighted by Crippen LogP contribution is -1.78. The molecule has 0 unspecified atom stereocenters. The lowest BCUT2D eigenvalue weighted by molar-refractivity contribution is 0.870. The van der Waals surface area contributed by atoms with Gasteiger partial charge in [-0.15, -0.1) is 0 Å². The molecule has 0 saturated carbocycles. The molecule has 0 fully saturated rings. The summed E-state index contributed by atoms with van der Waals surface area (Å²) in [4.78, 5) is 0. The highest BCUT2D eigenvalue weighted by atomic mass is 127. The molecule has 38 valence electrons. The van der Waals surface area contributed by atoms with Crippen molar-refractivity contribution in [1.29, 1.82) is 0 Å². The first-order valence-electron chi connectivity index (χ1n) is 1.41. The van der Waals surface area contributed by atoms with Crippen molar-refractivity contribution in [2.24, 2.45) is 0 Å². The van der Waals surface area contributed by atoms with Gasteiger partial charge in [0.05, 0.1) is 22.9 Å². The summed E-state index contributed by atoms with van der Waals surface area (Å²) in [5, 5.41) is 10.3. The highest BCUT2D eigenvalue weighted by Gasteiger charge is 1.93. The van der Waals surface area contributed by atoms with Gasteiger partial charge in [-0.05, 0) is 22.0 Å². The average molecular weight is 230 g/mol. The summed E-state index contributed by atoms with van der Waals surface area (Å²) in [7, 11) is 0. The van der Waals surface area contributed by atoms with Gasteiger partial charge >= 0.3 is 0 Å². The summed E-state index contributed by atoms with van der Waals surface area (Å²) in [5.74, 6) is 0. The molecule has 4 nitrogen and oxygen atoms in total. The van der Waals surface area contributed by atoms with Gasteiger partial charge in [0.15, 0.2) is 0 Å². The third kappa shape index (κ3) is 1.00. The standard InChI is InChI=1S/CClIN4/c2-1-4-5-6-7(1)3. The highest BCUT2D eigenvalue weighted by molar-refractivity contribution is 14.1. The van der Waals surface area contributed by atoms with Crippen molar-refractivity contribution in [1.82, 2.24) is 18.4 Å². The molecule has 0 spiro atoms. The van der Waals surface area contributed by atoms with Gasteiger partial charge in [0.2, 0.25) is 0 Å². The number of halogens is 2. The molecule has 1 heterocycles. The van der Waals surface area contributed by atoms with E-state index in [0.29, 0.717) is 5.28 Å². The number of nitrogens with zero attached hydrogens (tertiary/aromatic N) is 4. The van der Waals surface area contributed by atoms with Gasteiger partial charge < -0.3 is 0 Å². The Morgan fingerprint density at radius 3 is 2.57 bits per heavy atom. The van der Waals surface area contributed by atoms with E-state index in [1.54, 1.807) is 0 Å². The van der Waals surface area contributed by atoms with Crippen LogP contribution in [0.25, 0.3) is 0 Å². The molecule has 6 heteroatoms. The number of aromatic nitrogens is 4. The van der Waals surface area contributed by atoms with E-state index in [1.165, 1.54) is 2.90 Å². The minimum Gasteiger partial charge on any atom is -0.153 e. The molecule has 0 amide bonds. The fraction of sp³-hybridized carbons (Fsp3) is 0. The quantitative estimate of drug-likeness (QED) is 0.611. The zero-order valence-corrected chi connectivity index (χ0v) is 5.96. The van der Waals surface area contributed by atoms with Gasteiger partial charge in [-0.2, -0.15) is 2.90 Å². The molecule has 0 N–H and O–H groups in total. The van der Waals surface area contributed by atoms with E-state index in [9.17, 15) is 0 Å². The topological polar surface area (TPSA) is 43.6 Å². The van der Waals surface area contributed by atoms with Crippen molar-refractivity contribution in [3.63, 3.8) is 0 Å². The van der Waals surface area contributed by atoms with Crippen molar-refractivity contribution in [2.45, 2.75) is 0 Å². The van der Waals surface area contributed by atoms with Gasteiger partial charge in [-0.1, -0.05) is 5.10 Å². The largest absolute Gasteiger partial charge is 0.252 e. The van der Waals surface area contributed by atoms with Crippen LogP contribution >= 0.6 is 34.5 Å². The van der Waals surface area contributed by atoms with Crippen molar-refractivity contribution in [2.75, 3.05) is 0 Å². The van der Waals surface area contributed by atoms with Gasteiger partial charge in [-0.25, -0.2) is 0 Å². The van der Waals surface area contributed by atoms with Crippen molar-refractivity contribution in [3.05, 3.63) is 5.28 Å². The molecule has 1 aromatic rings. The minimum absolute atomic E-state index is 0.292. The van der Waals surface area contributed by atoms with Crippen LogP contribution in [-0.2, 0) is 0 Å². The van der Waals surface area contributed by atoms with E-state index in [4.69, 9.17) is 11.6 Å². The fourth-order valence-electron chi connectivity index (χ4n) is 0.166. The molecule has 0 saturated heterocycles. The van der Waals surface area contributed by atoms with E-state index >= 15 is 0 Å². The Kier molecular flexibility index (Phi) is 1.43. The van der Waals surface area contributed by atoms with Crippen LogP contribution in [0.1, 0.15) is 0 Å². The second-order valence-electron chi connectivity index (χ2n) is 0.808. The van der Waals surface area contributed by atoms with Crippen LogP contribution in [-0.4, -0.2) is 18.4 Å². The van der Waals surface area contributed by atoms with Gasteiger partial charge in [-0.3, -0.25) is 0 Å². The minimum atomic E-state index is 0.292. The third-order valence-corrected chi connectivity index (χ3v) is 1.57. The first kappa shape index (κ1) is 5.23. The molecule has 0 radical (unpaired) electrons. The van der Waals surface area contributed by atoms with E-state index < -0.39 is 0 Å². The Hall–Kier alpha value is 0.0900. The van der Waals surface area contributed by atoms with Crippen LogP contribution in [0.15, 0.2) is 0 Å². The van der Waals surface area contributed by atoms with Crippen molar-refractivity contribution >= 4 is 34.5 Å². The average Bonchev–Trinajstić information content (AvgIpc) is 1.91. The molecule has 1 aromatic heterocycles. The Labute approximate surface area is 58.3 Å². The van der Waals surface area contributed by atoms with Gasteiger partial charge in [0.25, 0.3) is 5.28 Å². The van der Waals surface area contributed by atoms with E-state index in [0.717, 1.165) is 0 Å². The second-order valence-corrected chi connectivity index (χ2v) is 2.06. The highest BCUT2D eigenvalue weighted by Crippen LogP contribution is 2.01. The molecule has 0 aliphatic rings. The van der Waals surface area contributed by atoms with Crippen LogP contribution in [0.5, 0.6) is 0 Å². The summed E-state index contributed by atoms with van der Waals surface area (Å²) in [5.41, 5.74) is 0. The van der Waals surface area contributed by atoms with Crippen LogP contribution in [0.4, 0.5) is 0 Å². The first-order chi connectivity index (χ1) is 3.30. The lowest BCUT2D eigenvalue weighted by Gasteiger charge is -1.75. The monoisotopic (exact) mass is 230 g/mol. The van der Waals surface area contributed by atoms with E-state index in [-0.39, 0.29) is 0 Å². The van der Waals surface area contributed by atoms with Crippen molar-refractivity contribution in [3.8, 4) is 0 Å². The van der Waals surface area contributed by atoms with Gasteiger partial charge in [0, 0.05) is 0 Å². The summed E-state index contributed by atoms with van der Waals surface area (Å²) in [6.45, 7) is 0. The van der Waals surface area contributed by atoms with Crippen LogP contribution in [0, 0.1) is 0 Å². The normalized spacial score (nSPS) is 9.43. The van der Waals surface area contributed by atoms with Crippen molar-refractivity contribution < 1.29 is 0 Å². The molecule has 0 bridgehead atoms. The molecule has 0 atom stereocenters. The predicted molar refractivity (Wildman–Crippen MR) is 32.2 cm³/mol. The lowest BCUT2D eigenvalue weighted by atomic mass is 11.4. The predicted octanol–water partition coefficient (Wildman–Crippen LogP) is 0.525. The number of rotatable bonds is 0. The van der Waals surface area contributed by atoms with Crippen LogP contribution < -0.4 is 0 Å². The Morgan fingerprint density at radius 1 is 1.71 bits per heavy atom. The molecular formula is CClIN4. The molecular weight excluding hydrogens is 230 g/mol. The molecule has 1 rings (SSSR count). The zero-order valence-electron chi connectivity index (χ0n) is 3.04. The molecule has 0 aromatic carbocycles. The van der Waals surface area contributed by atoms with Crippen LogP contribution in [0.2, 0.25) is 5.28 Å². The Balaban J connectivity index is 3.12.